The smallest absolute Gasteiger partial charge is 0.218 e. The summed E-state index contributed by atoms with van der Waals surface area (Å²) in [7, 11) is -3.36. The number of likely N-dealkylation sites (tertiary alicyclic amines) is 1. The molecule has 0 radical (unpaired) electrons. The summed E-state index contributed by atoms with van der Waals surface area (Å²) in [5.41, 5.74) is -0.105. The third-order valence-corrected chi connectivity index (χ3v) is 6.40. The second-order valence-electron chi connectivity index (χ2n) is 6.53. The summed E-state index contributed by atoms with van der Waals surface area (Å²) in [6.07, 6.45) is 2.87. The lowest BCUT2D eigenvalue weighted by molar-refractivity contribution is 0.0232. The lowest BCUT2D eigenvalue weighted by atomic mass is 10.0. The molecule has 3 rings (SSSR count). The molecule has 5 nitrogen and oxygen atoms in total. The van der Waals surface area contributed by atoms with E-state index in [-0.39, 0.29) is 12.3 Å². The highest BCUT2D eigenvalue weighted by atomic mass is 32.2. The zero-order valence-electron chi connectivity index (χ0n) is 12.8. The minimum Gasteiger partial charge on any atom is -0.387 e. The number of nitrogens with zero attached hydrogens (tertiary/aromatic N) is 2. The first-order valence-electron chi connectivity index (χ1n) is 7.93. The van der Waals surface area contributed by atoms with Crippen LogP contribution in [0.1, 0.15) is 24.8 Å². The van der Waals surface area contributed by atoms with Gasteiger partial charge >= 0.3 is 0 Å². The highest BCUT2D eigenvalue weighted by molar-refractivity contribution is 7.88. The Morgan fingerprint density at radius 3 is 2.45 bits per heavy atom. The lowest BCUT2D eigenvalue weighted by Crippen LogP contribution is -2.45. The van der Waals surface area contributed by atoms with Gasteiger partial charge < -0.3 is 10.0 Å². The van der Waals surface area contributed by atoms with Crippen molar-refractivity contribution in [2.75, 3.05) is 32.7 Å². The third kappa shape index (κ3) is 3.68. The summed E-state index contributed by atoms with van der Waals surface area (Å²) in [5, 5.41) is 10.7. The first-order chi connectivity index (χ1) is 10.5. The fourth-order valence-electron chi connectivity index (χ4n) is 3.42. The highest BCUT2D eigenvalue weighted by Gasteiger charge is 2.42. The fourth-order valence-corrected chi connectivity index (χ4v) is 5.02. The van der Waals surface area contributed by atoms with Crippen molar-refractivity contribution in [3.63, 3.8) is 0 Å². The maximum absolute atomic E-state index is 12.5. The topological polar surface area (TPSA) is 60.9 Å². The van der Waals surface area contributed by atoms with Crippen molar-refractivity contribution in [2.45, 2.75) is 30.6 Å². The van der Waals surface area contributed by atoms with Gasteiger partial charge in [0.1, 0.15) is 0 Å². The van der Waals surface area contributed by atoms with Crippen LogP contribution in [0.15, 0.2) is 30.3 Å². The standard InChI is InChI=1S/C16H24N2O3S/c19-16(13-17-9-4-5-10-17)8-11-18(14-16)22(20,21)12-15-6-2-1-3-7-15/h1-3,6-7,19H,4-5,8-14H2. The third-order valence-electron chi connectivity index (χ3n) is 4.60. The maximum Gasteiger partial charge on any atom is 0.218 e. The maximum atomic E-state index is 12.5. The Morgan fingerprint density at radius 2 is 1.77 bits per heavy atom. The van der Waals surface area contributed by atoms with Crippen molar-refractivity contribution < 1.29 is 13.5 Å². The molecular formula is C16H24N2O3S. The predicted molar refractivity (Wildman–Crippen MR) is 85.9 cm³/mol. The van der Waals surface area contributed by atoms with Crippen molar-refractivity contribution in [1.82, 2.24) is 9.21 Å². The van der Waals surface area contributed by atoms with Crippen molar-refractivity contribution in [3.8, 4) is 0 Å². The lowest BCUT2D eigenvalue weighted by Gasteiger charge is -2.28. The van der Waals surface area contributed by atoms with Crippen LogP contribution in [0.5, 0.6) is 0 Å². The van der Waals surface area contributed by atoms with Crippen LogP contribution in [-0.4, -0.2) is 61.1 Å². The van der Waals surface area contributed by atoms with Gasteiger partial charge in [-0.3, -0.25) is 0 Å². The number of rotatable bonds is 5. The van der Waals surface area contributed by atoms with E-state index in [4.69, 9.17) is 0 Å². The van der Waals surface area contributed by atoms with Gasteiger partial charge in [0.15, 0.2) is 0 Å². The molecule has 1 unspecified atom stereocenters. The van der Waals surface area contributed by atoms with Gasteiger partial charge in [-0.25, -0.2) is 8.42 Å². The van der Waals surface area contributed by atoms with Crippen LogP contribution in [0.2, 0.25) is 0 Å². The number of hydrogen-bond acceptors (Lipinski definition) is 4. The van der Waals surface area contributed by atoms with E-state index < -0.39 is 15.6 Å². The molecule has 1 aromatic carbocycles. The second kappa shape index (κ2) is 6.28. The molecule has 1 aromatic rings. The summed E-state index contributed by atoms with van der Waals surface area (Å²) < 4.78 is 26.5. The van der Waals surface area contributed by atoms with E-state index in [2.05, 4.69) is 4.90 Å². The first-order valence-corrected chi connectivity index (χ1v) is 9.54. The molecular weight excluding hydrogens is 300 g/mol. The average molecular weight is 324 g/mol. The van der Waals surface area contributed by atoms with Crippen LogP contribution in [0.4, 0.5) is 0 Å². The summed E-state index contributed by atoms with van der Waals surface area (Å²) in [5.74, 6) is 0.00757. The molecule has 2 fully saturated rings. The van der Waals surface area contributed by atoms with Gasteiger partial charge in [-0.05, 0) is 37.9 Å². The molecule has 1 N–H and O–H groups in total. The van der Waals surface area contributed by atoms with Crippen molar-refractivity contribution in [3.05, 3.63) is 35.9 Å². The monoisotopic (exact) mass is 324 g/mol. The second-order valence-corrected chi connectivity index (χ2v) is 8.50. The Bertz CT molecular complexity index is 599. The summed E-state index contributed by atoms with van der Waals surface area (Å²) in [6.45, 7) is 3.25. The molecule has 122 valence electrons. The summed E-state index contributed by atoms with van der Waals surface area (Å²) >= 11 is 0. The van der Waals surface area contributed by atoms with Crippen molar-refractivity contribution in [2.24, 2.45) is 0 Å². The predicted octanol–water partition coefficient (Wildman–Crippen LogP) is 1.05. The Labute approximate surface area is 132 Å². The molecule has 0 bridgehead atoms. The van der Waals surface area contributed by atoms with E-state index in [1.807, 2.05) is 30.3 Å². The highest BCUT2D eigenvalue weighted by Crippen LogP contribution is 2.27. The molecule has 0 aromatic heterocycles. The molecule has 1 atom stereocenters. The van der Waals surface area contributed by atoms with Gasteiger partial charge in [0, 0.05) is 19.6 Å². The quantitative estimate of drug-likeness (QED) is 0.879. The van der Waals surface area contributed by atoms with Crippen LogP contribution in [0.3, 0.4) is 0 Å². The fraction of sp³-hybridized carbons (Fsp3) is 0.625. The SMILES string of the molecule is O=S(=O)(Cc1ccccc1)N1CCC(O)(CN2CCCC2)C1. The number of sulfonamides is 1. The number of aliphatic hydroxyl groups is 1. The minimum absolute atomic E-state index is 0.00757. The van der Waals surface area contributed by atoms with E-state index in [0.29, 0.717) is 19.5 Å². The molecule has 2 saturated heterocycles. The number of benzene rings is 1. The molecule has 0 spiro atoms. The number of hydrogen-bond donors (Lipinski definition) is 1. The van der Waals surface area contributed by atoms with Gasteiger partial charge in [-0.2, -0.15) is 4.31 Å². The van der Waals surface area contributed by atoms with E-state index >= 15 is 0 Å². The normalized spacial score (nSPS) is 27.5. The van der Waals surface area contributed by atoms with Gasteiger partial charge in [0.05, 0.1) is 11.4 Å². The zero-order valence-corrected chi connectivity index (χ0v) is 13.6. The molecule has 6 heteroatoms. The Kier molecular flexibility index (Phi) is 4.54. The van der Waals surface area contributed by atoms with E-state index in [1.54, 1.807) is 0 Å². The molecule has 0 saturated carbocycles. The van der Waals surface area contributed by atoms with Crippen LogP contribution in [0, 0.1) is 0 Å². The molecule has 0 aliphatic carbocycles. The minimum atomic E-state index is -3.36. The molecule has 2 heterocycles. The Balaban J connectivity index is 1.63. The zero-order chi connectivity index (χ0) is 15.6. The first kappa shape index (κ1) is 15.9. The van der Waals surface area contributed by atoms with Crippen molar-refractivity contribution >= 4 is 10.0 Å². The van der Waals surface area contributed by atoms with Crippen molar-refractivity contribution in [1.29, 1.82) is 0 Å². The molecule has 22 heavy (non-hydrogen) atoms. The van der Waals surface area contributed by atoms with Crippen LogP contribution in [-0.2, 0) is 15.8 Å². The molecule has 2 aliphatic heterocycles. The van der Waals surface area contributed by atoms with Gasteiger partial charge in [-0.1, -0.05) is 30.3 Å². The van der Waals surface area contributed by atoms with E-state index in [1.165, 1.54) is 17.1 Å². The van der Waals surface area contributed by atoms with Crippen LogP contribution < -0.4 is 0 Å². The van der Waals surface area contributed by atoms with Crippen LogP contribution >= 0.6 is 0 Å². The summed E-state index contributed by atoms with van der Waals surface area (Å²) in [4.78, 5) is 2.24. The van der Waals surface area contributed by atoms with Gasteiger partial charge in [-0.15, -0.1) is 0 Å². The summed E-state index contributed by atoms with van der Waals surface area (Å²) in [6, 6.07) is 9.21. The molecule has 0 amide bonds. The van der Waals surface area contributed by atoms with Crippen LogP contribution in [0.25, 0.3) is 0 Å². The van der Waals surface area contributed by atoms with Gasteiger partial charge in [0.25, 0.3) is 0 Å². The number of β-amino-alcohol motifs (C(OH)–C–C–N with tert-alkyl or cyclic N) is 1. The van der Waals surface area contributed by atoms with E-state index in [9.17, 15) is 13.5 Å². The largest absolute Gasteiger partial charge is 0.387 e. The molecule has 2 aliphatic rings. The van der Waals surface area contributed by atoms with E-state index in [0.717, 1.165) is 18.7 Å². The average Bonchev–Trinajstić information content (AvgIpc) is 3.10. The van der Waals surface area contributed by atoms with Gasteiger partial charge in [0.2, 0.25) is 10.0 Å². The Hall–Kier alpha value is -0.950. The Morgan fingerprint density at radius 1 is 1.09 bits per heavy atom.